The SMILES string of the molecule is O=C1C=COSN1.[Na]. The maximum absolute atomic E-state index is 10.2. The van der Waals surface area contributed by atoms with Crippen molar-refractivity contribution < 1.29 is 8.98 Å². The van der Waals surface area contributed by atoms with E-state index in [1.54, 1.807) is 0 Å². The third kappa shape index (κ3) is 2.61. The average Bonchev–Trinajstić information content (AvgIpc) is 1.69. The first-order valence-corrected chi connectivity index (χ1v) is 2.42. The Labute approximate surface area is 73.5 Å². The Kier molecular flexibility index (Phi) is 4.45. The minimum Gasteiger partial charge on any atom is -0.413 e. The molecule has 1 N–H and O–H groups in total. The minimum absolute atomic E-state index is 0. The molecule has 1 aliphatic heterocycles. The molecule has 0 bridgehead atoms. The first-order chi connectivity index (χ1) is 3.39. The van der Waals surface area contributed by atoms with E-state index in [1.165, 1.54) is 12.3 Å². The van der Waals surface area contributed by atoms with Crippen LogP contribution < -0.4 is 4.72 Å². The number of carbonyl (C=O) groups excluding carboxylic acids is 1. The van der Waals surface area contributed by atoms with Crippen LogP contribution in [0.3, 0.4) is 0 Å². The zero-order valence-electron chi connectivity index (χ0n) is 4.38. The van der Waals surface area contributed by atoms with E-state index in [4.69, 9.17) is 0 Å². The van der Waals surface area contributed by atoms with E-state index < -0.39 is 0 Å². The summed E-state index contributed by atoms with van der Waals surface area (Å²) in [5, 5.41) is 0. The van der Waals surface area contributed by atoms with Crippen molar-refractivity contribution in [2.75, 3.05) is 0 Å². The second kappa shape index (κ2) is 4.26. The average molecular weight is 140 g/mol. The van der Waals surface area contributed by atoms with E-state index in [2.05, 4.69) is 8.91 Å². The molecule has 1 heterocycles. The maximum atomic E-state index is 10.2. The summed E-state index contributed by atoms with van der Waals surface area (Å²) in [6, 6.07) is 0. The van der Waals surface area contributed by atoms with Crippen LogP contribution in [-0.4, -0.2) is 35.5 Å². The molecule has 0 saturated heterocycles. The fraction of sp³-hybridized carbons (Fsp3) is 0. The molecule has 0 saturated carbocycles. The summed E-state index contributed by atoms with van der Waals surface area (Å²) in [6.45, 7) is 0. The summed E-state index contributed by atoms with van der Waals surface area (Å²) in [7, 11) is 0. The fourth-order valence-electron chi connectivity index (χ4n) is 0.216. The number of hydrogen-bond donors (Lipinski definition) is 1. The molecule has 0 spiro atoms. The first kappa shape index (κ1) is 8.36. The Morgan fingerprint density at radius 2 is 2.50 bits per heavy atom. The summed E-state index contributed by atoms with van der Waals surface area (Å²) in [6.07, 6.45) is 2.65. The Bertz CT molecular complexity index is 116. The second-order valence-corrected chi connectivity index (χ2v) is 1.51. The smallest absolute Gasteiger partial charge is 0.259 e. The van der Waals surface area contributed by atoms with Crippen LogP contribution in [0.2, 0.25) is 0 Å². The number of hydrogen-bond acceptors (Lipinski definition) is 3. The van der Waals surface area contributed by atoms with Gasteiger partial charge in [-0.15, -0.1) is 0 Å². The summed E-state index contributed by atoms with van der Waals surface area (Å²) in [5.74, 6) is -0.128. The summed E-state index contributed by atoms with van der Waals surface area (Å²) in [4.78, 5) is 10.2. The topological polar surface area (TPSA) is 38.3 Å². The van der Waals surface area contributed by atoms with Crippen molar-refractivity contribution in [3.63, 3.8) is 0 Å². The van der Waals surface area contributed by atoms with Gasteiger partial charge >= 0.3 is 0 Å². The predicted molar refractivity (Wildman–Crippen MR) is 31.7 cm³/mol. The molecule has 0 aromatic rings. The fourth-order valence-corrected chi connectivity index (χ4v) is 0.526. The van der Waals surface area contributed by atoms with E-state index in [0.29, 0.717) is 0 Å². The molecule has 0 fully saturated rings. The molecular weight excluding hydrogens is 137 g/mol. The van der Waals surface area contributed by atoms with E-state index in [-0.39, 0.29) is 35.5 Å². The van der Waals surface area contributed by atoms with Crippen LogP contribution in [0, 0.1) is 0 Å². The zero-order chi connectivity index (χ0) is 5.11. The van der Waals surface area contributed by atoms with Crippen LogP contribution in [0.25, 0.3) is 0 Å². The largest absolute Gasteiger partial charge is 0.413 e. The van der Waals surface area contributed by atoms with Crippen molar-refractivity contribution in [2.45, 2.75) is 0 Å². The number of carbonyl (C=O) groups is 1. The van der Waals surface area contributed by atoms with Crippen LogP contribution in [0.15, 0.2) is 12.3 Å². The Balaban J connectivity index is 0.000000490. The molecule has 5 heteroatoms. The van der Waals surface area contributed by atoms with Crippen LogP contribution in [0.1, 0.15) is 0 Å². The molecular formula is C3H3NNaO2S. The number of nitrogens with one attached hydrogen (secondary N) is 1. The van der Waals surface area contributed by atoms with Gasteiger partial charge in [0.2, 0.25) is 0 Å². The second-order valence-electron chi connectivity index (χ2n) is 0.949. The normalized spacial score (nSPS) is 15.8. The molecule has 8 heavy (non-hydrogen) atoms. The summed E-state index contributed by atoms with van der Waals surface area (Å²) >= 11 is 0.917. The molecule has 1 amide bonds. The van der Waals surface area contributed by atoms with Crippen molar-refractivity contribution in [1.29, 1.82) is 0 Å². The van der Waals surface area contributed by atoms with Crippen molar-refractivity contribution in [3.8, 4) is 0 Å². The molecule has 1 aliphatic rings. The van der Waals surface area contributed by atoms with Gasteiger partial charge in [0.05, 0.1) is 0 Å². The molecule has 39 valence electrons. The Hall–Kier alpha value is 0.360. The third-order valence-corrected chi connectivity index (χ3v) is 0.957. The van der Waals surface area contributed by atoms with Gasteiger partial charge in [0, 0.05) is 35.6 Å². The molecule has 0 aromatic carbocycles. The molecule has 0 atom stereocenters. The number of rotatable bonds is 0. The van der Waals surface area contributed by atoms with Crippen molar-refractivity contribution in [2.24, 2.45) is 0 Å². The maximum Gasteiger partial charge on any atom is 0.259 e. The van der Waals surface area contributed by atoms with Gasteiger partial charge < -0.3 is 4.18 Å². The Morgan fingerprint density at radius 1 is 1.75 bits per heavy atom. The van der Waals surface area contributed by atoms with Gasteiger partial charge in [-0.3, -0.25) is 9.52 Å². The first-order valence-electron chi connectivity index (χ1n) is 1.68. The van der Waals surface area contributed by atoms with Gasteiger partial charge in [0.1, 0.15) is 6.26 Å². The van der Waals surface area contributed by atoms with E-state index >= 15 is 0 Å². The van der Waals surface area contributed by atoms with Crippen LogP contribution >= 0.6 is 12.2 Å². The van der Waals surface area contributed by atoms with Gasteiger partial charge in [-0.25, -0.2) is 0 Å². The third-order valence-electron chi connectivity index (χ3n) is 0.465. The van der Waals surface area contributed by atoms with Gasteiger partial charge in [0.15, 0.2) is 12.2 Å². The van der Waals surface area contributed by atoms with Crippen LogP contribution in [-0.2, 0) is 8.98 Å². The zero-order valence-corrected chi connectivity index (χ0v) is 7.20. The predicted octanol–water partition coefficient (Wildman–Crippen LogP) is -0.171. The van der Waals surface area contributed by atoms with E-state index in [1.807, 2.05) is 0 Å². The molecule has 0 aliphatic carbocycles. The standard InChI is InChI=1S/C3H3NO2S.Na/c5-3-1-2-6-7-4-3;/h1-2H,(H,4,5);. The van der Waals surface area contributed by atoms with Gasteiger partial charge in [0.25, 0.3) is 5.91 Å². The van der Waals surface area contributed by atoms with Gasteiger partial charge in [-0.1, -0.05) is 0 Å². The minimum atomic E-state index is -0.128. The van der Waals surface area contributed by atoms with Crippen molar-refractivity contribution in [1.82, 2.24) is 4.72 Å². The monoisotopic (exact) mass is 140 g/mol. The van der Waals surface area contributed by atoms with Crippen molar-refractivity contribution in [3.05, 3.63) is 12.3 Å². The van der Waals surface area contributed by atoms with Crippen molar-refractivity contribution >= 4 is 47.7 Å². The Morgan fingerprint density at radius 3 is 2.75 bits per heavy atom. The van der Waals surface area contributed by atoms with Gasteiger partial charge in [-0.05, 0) is 0 Å². The van der Waals surface area contributed by atoms with E-state index in [0.717, 1.165) is 12.2 Å². The van der Waals surface area contributed by atoms with E-state index in [9.17, 15) is 4.79 Å². The number of amides is 1. The van der Waals surface area contributed by atoms with Crippen LogP contribution in [0.4, 0.5) is 0 Å². The van der Waals surface area contributed by atoms with Crippen LogP contribution in [0.5, 0.6) is 0 Å². The molecule has 1 radical (unpaired) electrons. The molecule has 3 nitrogen and oxygen atoms in total. The summed E-state index contributed by atoms with van der Waals surface area (Å²) in [5.41, 5.74) is 0. The van der Waals surface area contributed by atoms with Gasteiger partial charge in [-0.2, -0.15) is 0 Å². The molecule has 0 aromatic heterocycles. The molecule has 1 rings (SSSR count). The summed E-state index contributed by atoms with van der Waals surface area (Å²) < 4.78 is 6.89. The molecule has 0 unspecified atom stereocenters. The quantitative estimate of drug-likeness (QED) is 0.288.